The van der Waals surface area contributed by atoms with Gasteiger partial charge in [0.2, 0.25) is 0 Å². The fourth-order valence-corrected chi connectivity index (χ4v) is 3.52. The Morgan fingerprint density at radius 3 is 1.89 bits per heavy atom. The molecule has 0 radical (unpaired) electrons. The fourth-order valence-electron chi connectivity index (χ4n) is 3.52. The van der Waals surface area contributed by atoms with Crippen molar-refractivity contribution in [3.63, 3.8) is 0 Å². The highest BCUT2D eigenvalue weighted by atomic mass is 16.5. The van der Waals surface area contributed by atoms with Crippen LogP contribution in [0.2, 0.25) is 0 Å². The minimum atomic E-state index is -0.0353. The molecule has 0 saturated heterocycles. The van der Waals surface area contributed by atoms with E-state index in [2.05, 4.69) is 13.8 Å². The van der Waals surface area contributed by atoms with E-state index in [0.717, 1.165) is 32.0 Å². The van der Waals surface area contributed by atoms with Crippen LogP contribution in [0, 0.1) is 5.92 Å². The molecule has 1 atom stereocenters. The van der Waals surface area contributed by atoms with Gasteiger partial charge in [-0.1, -0.05) is 90.9 Å². The number of rotatable bonds is 21. The zero-order valence-electron chi connectivity index (χ0n) is 18.3. The van der Waals surface area contributed by atoms with Crippen LogP contribution in [0.4, 0.5) is 0 Å². The molecule has 0 N–H and O–H groups in total. The summed E-state index contributed by atoms with van der Waals surface area (Å²) in [5.41, 5.74) is 0. The summed E-state index contributed by atoms with van der Waals surface area (Å²) in [7, 11) is 0. The average molecular weight is 383 g/mol. The molecule has 0 saturated carbocycles. The summed E-state index contributed by atoms with van der Waals surface area (Å²) in [5.74, 6) is 0.511. The first kappa shape index (κ1) is 26.1. The number of carbonyl (C=O) groups is 2. The number of esters is 1. The van der Waals surface area contributed by atoms with Gasteiger partial charge in [-0.25, -0.2) is 0 Å². The SMILES string of the molecule is CCCCCCCCC(CCCCCC)COC(=O)CCCCCCC=O. The number of hydrogen-bond donors (Lipinski definition) is 0. The van der Waals surface area contributed by atoms with Crippen molar-refractivity contribution in [1.82, 2.24) is 0 Å². The van der Waals surface area contributed by atoms with Crippen molar-refractivity contribution in [2.75, 3.05) is 6.61 Å². The van der Waals surface area contributed by atoms with E-state index in [1.165, 1.54) is 77.0 Å². The number of unbranched alkanes of at least 4 members (excludes halogenated alkanes) is 12. The van der Waals surface area contributed by atoms with Crippen molar-refractivity contribution in [3.05, 3.63) is 0 Å². The van der Waals surface area contributed by atoms with Crippen molar-refractivity contribution in [3.8, 4) is 0 Å². The van der Waals surface area contributed by atoms with Gasteiger partial charge in [0.15, 0.2) is 0 Å². The van der Waals surface area contributed by atoms with E-state index in [1.807, 2.05) is 0 Å². The molecule has 0 heterocycles. The highest BCUT2D eigenvalue weighted by molar-refractivity contribution is 5.69. The summed E-state index contributed by atoms with van der Waals surface area (Å²) in [6.07, 6.45) is 21.5. The molecule has 0 aliphatic carbocycles. The normalized spacial score (nSPS) is 12.1. The van der Waals surface area contributed by atoms with Crippen LogP contribution < -0.4 is 0 Å². The number of carbonyl (C=O) groups excluding carboxylic acids is 2. The lowest BCUT2D eigenvalue weighted by atomic mass is 9.95. The second kappa shape index (κ2) is 21.4. The second-order valence-corrected chi connectivity index (χ2v) is 8.07. The van der Waals surface area contributed by atoms with Gasteiger partial charge in [-0.2, -0.15) is 0 Å². The summed E-state index contributed by atoms with van der Waals surface area (Å²) in [5, 5.41) is 0. The van der Waals surface area contributed by atoms with Crippen LogP contribution in [0.25, 0.3) is 0 Å². The highest BCUT2D eigenvalue weighted by Crippen LogP contribution is 2.20. The summed E-state index contributed by atoms with van der Waals surface area (Å²) in [6.45, 7) is 5.12. The lowest BCUT2D eigenvalue weighted by Crippen LogP contribution is -2.14. The van der Waals surface area contributed by atoms with Crippen molar-refractivity contribution < 1.29 is 14.3 Å². The Labute approximate surface area is 169 Å². The molecule has 0 amide bonds. The van der Waals surface area contributed by atoms with Crippen LogP contribution in [0.15, 0.2) is 0 Å². The maximum atomic E-state index is 12.0. The zero-order valence-corrected chi connectivity index (χ0v) is 18.3. The standard InChI is InChI=1S/C24H46O3/c1-3-5-7-9-11-15-19-23(18-14-8-6-4-2)22-27-24(26)20-16-12-10-13-17-21-25/h21,23H,3-20,22H2,1-2H3. The predicted octanol–water partition coefficient (Wildman–Crippen LogP) is 7.41. The first-order valence-electron chi connectivity index (χ1n) is 11.8. The summed E-state index contributed by atoms with van der Waals surface area (Å²) >= 11 is 0. The molecule has 0 spiro atoms. The van der Waals surface area contributed by atoms with Gasteiger partial charge >= 0.3 is 5.97 Å². The smallest absolute Gasteiger partial charge is 0.305 e. The lowest BCUT2D eigenvalue weighted by molar-refractivity contribution is -0.145. The maximum absolute atomic E-state index is 12.0. The van der Waals surface area contributed by atoms with Crippen LogP contribution in [0.3, 0.4) is 0 Å². The largest absolute Gasteiger partial charge is 0.465 e. The topological polar surface area (TPSA) is 43.4 Å². The Balaban J connectivity index is 3.91. The third kappa shape index (κ3) is 19.7. The van der Waals surface area contributed by atoms with Gasteiger partial charge in [-0.05, 0) is 31.6 Å². The molecule has 160 valence electrons. The van der Waals surface area contributed by atoms with E-state index in [1.54, 1.807) is 0 Å². The number of ether oxygens (including phenoxy) is 1. The molecule has 3 heteroatoms. The monoisotopic (exact) mass is 382 g/mol. The first-order chi connectivity index (χ1) is 13.2. The molecule has 3 nitrogen and oxygen atoms in total. The Morgan fingerprint density at radius 2 is 1.26 bits per heavy atom. The van der Waals surface area contributed by atoms with Crippen LogP contribution >= 0.6 is 0 Å². The van der Waals surface area contributed by atoms with Crippen LogP contribution in [-0.2, 0) is 14.3 Å². The van der Waals surface area contributed by atoms with Gasteiger partial charge < -0.3 is 9.53 Å². The maximum Gasteiger partial charge on any atom is 0.305 e. The quantitative estimate of drug-likeness (QED) is 0.118. The lowest BCUT2D eigenvalue weighted by Gasteiger charge is -2.17. The van der Waals surface area contributed by atoms with Gasteiger partial charge in [-0.15, -0.1) is 0 Å². The predicted molar refractivity (Wildman–Crippen MR) is 115 cm³/mol. The van der Waals surface area contributed by atoms with Crippen molar-refractivity contribution >= 4 is 12.3 Å². The van der Waals surface area contributed by atoms with E-state index < -0.39 is 0 Å². The zero-order chi connectivity index (χ0) is 20.0. The third-order valence-electron chi connectivity index (χ3n) is 5.36. The molecule has 1 unspecified atom stereocenters. The van der Waals surface area contributed by atoms with E-state index in [-0.39, 0.29) is 5.97 Å². The van der Waals surface area contributed by atoms with Crippen LogP contribution in [0.5, 0.6) is 0 Å². The van der Waals surface area contributed by atoms with Crippen molar-refractivity contribution in [1.29, 1.82) is 0 Å². The van der Waals surface area contributed by atoms with E-state index in [0.29, 0.717) is 25.4 Å². The van der Waals surface area contributed by atoms with Gasteiger partial charge in [-0.3, -0.25) is 4.79 Å². The Hall–Kier alpha value is -0.860. The first-order valence-corrected chi connectivity index (χ1v) is 11.8. The van der Waals surface area contributed by atoms with Crippen LogP contribution in [-0.4, -0.2) is 18.9 Å². The van der Waals surface area contributed by atoms with E-state index in [9.17, 15) is 9.59 Å². The third-order valence-corrected chi connectivity index (χ3v) is 5.36. The molecule has 27 heavy (non-hydrogen) atoms. The van der Waals surface area contributed by atoms with Crippen molar-refractivity contribution in [2.45, 2.75) is 129 Å². The Bertz CT molecular complexity index is 328. The molecule has 0 aromatic rings. The Morgan fingerprint density at radius 1 is 0.741 bits per heavy atom. The van der Waals surface area contributed by atoms with Gasteiger partial charge in [0.1, 0.15) is 6.29 Å². The molecule has 0 rings (SSSR count). The second-order valence-electron chi connectivity index (χ2n) is 8.07. The minimum Gasteiger partial charge on any atom is -0.465 e. The molecule has 0 aliphatic rings. The molecule has 0 aromatic heterocycles. The summed E-state index contributed by atoms with van der Waals surface area (Å²) < 4.78 is 5.59. The van der Waals surface area contributed by atoms with Gasteiger partial charge in [0, 0.05) is 12.8 Å². The van der Waals surface area contributed by atoms with Gasteiger partial charge in [0.05, 0.1) is 6.61 Å². The summed E-state index contributed by atoms with van der Waals surface area (Å²) in [6, 6.07) is 0. The van der Waals surface area contributed by atoms with E-state index >= 15 is 0 Å². The van der Waals surface area contributed by atoms with E-state index in [4.69, 9.17) is 4.74 Å². The molecular formula is C24H46O3. The molecule has 0 bridgehead atoms. The number of hydrogen-bond acceptors (Lipinski definition) is 3. The molecular weight excluding hydrogens is 336 g/mol. The molecule has 0 fully saturated rings. The number of aldehydes is 1. The van der Waals surface area contributed by atoms with Gasteiger partial charge in [0.25, 0.3) is 0 Å². The average Bonchev–Trinajstić information content (AvgIpc) is 2.67. The van der Waals surface area contributed by atoms with Crippen molar-refractivity contribution in [2.24, 2.45) is 5.92 Å². The Kier molecular flexibility index (Phi) is 20.8. The summed E-state index contributed by atoms with van der Waals surface area (Å²) in [4.78, 5) is 22.3. The molecule has 0 aliphatic heterocycles. The minimum absolute atomic E-state index is 0.0353. The molecule has 0 aromatic carbocycles. The fraction of sp³-hybridized carbons (Fsp3) is 0.917. The highest BCUT2D eigenvalue weighted by Gasteiger charge is 2.12. The van der Waals surface area contributed by atoms with Crippen LogP contribution in [0.1, 0.15) is 129 Å².